The lowest BCUT2D eigenvalue weighted by Gasteiger charge is -2.39. The van der Waals surface area contributed by atoms with E-state index in [0.29, 0.717) is 5.78 Å². The molecule has 0 aromatic heterocycles. The molecule has 2 fully saturated rings. The maximum absolute atomic E-state index is 12.6. The van der Waals surface area contributed by atoms with Crippen molar-refractivity contribution in [3.63, 3.8) is 0 Å². The summed E-state index contributed by atoms with van der Waals surface area (Å²) in [5.41, 5.74) is -0.0497. The van der Waals surface area contributed by atoms with E-state index in [1.807, 2.05) is 0 Å². The van der Waals surface area contributed by atoms with E-state index in [2.05, 4.69) is 18.7 Å². The van der Waals surface area contributed by atoms with Crippen molar-refractivity contribution >= 4 is 5.78 Å². The van der Waals surface area contributed by atoms with Gasteiger partial charge in [-0.2, -0.15) is 0 Å². The lowest BCUT2D eigenvalue weighted by Crippen LogP contribution is -2.53. The SMILES string of the molecule is CCC(C)C(=O)C1(N2CCCC2)CCCC1. The van der Waals surface area contributed by atoms with Crippen LogP contribution in [0.1, 0.15) is 58.8 Å². The average molecular weight is 223 g/mol. The van der Waals surface area contributed by atoms with Crippen LogP contribution in [0.4, 0.5) is 0 Å². The fourth-order valence-corrected chi connectivity index (χ4v) is 3.47. The van der Waals surface area contributed by atoms with E-state index in [4.69, 9.17) is 0 Å². The van der Waals surface area contributed by atoms with Crippen LogP contribution in [0.2, 0.25) is 0 Å². The highest BCUT2D eigenvalue weighted by molar-refractivity contribution is 5.90. The number of carbonyl (C=O) groups excluding carboxylic acids is 1. The van der Waals surface area contributed by atoms with Crippen molar-refractivity contribution in [1.82, 2.24) is 4.90 Å². The quantitative estimate of drug-likeness (QED) is 0.730. The molecule has 2 rings (SSSR count). The van der Waals surface area contributed by atoms with Gasteiger partial charge < -0.3 is 0 Å². The van der Waals surface area contributed by atoms with Crippen LogP contribution in [-0.2, 0) is 4.79 Å². The Kier molecular flexibility index (Phi) is 3.68. The summed E-state index contributed by atoms with van der Waals surface area (Å²) in [7, 11) is 0. The molecular formula is C14H25NO. The first kappa shape index (κ1) is 12.1. The molecular weight excluding hydrogens is 198 g/mol. The lowest BCUT2D eigenvalue weighted by atomic mass is 9.82. The molecule has 1 saturated heterocycles. The Morgan fingerprint density at radius 1 is 1.19 bits per heavy atom. The van der Waals surface area contributed by atoms with Crippen molar-refractivity contribution in [3.8, 4) is 0 Å². The van der Waals surface area contributed by atoms with Gasteiger partial charge in [0.25, 0.3) is 0 Å². The molecule has 2 nitrogen and oxygen atoms in total. The maximum Gasteiger partial charge on any atom is 0.155 e. The summed E-state index contributed by atoms with van der Waals surface area (Å²) in [6.45, 7) is 6.55. The summed E-state index contributed by atoms with van der Waals surface area (Å²) in [5, 5.41) is 0. The first-order valence-corrected chi connectivity index (χ1v) is 7.00. The Balaban J connectivity index is 2.17. The van der Waals surface area contributed by atoms with E-state index in [1.54, 1.807) is 0 Å². The van der Waals surface area contributed by atoms with Crippen LogP contribution in [0, 0.1) is 5.92 Å². The second-order valence-corrected chi connectivity index (χ2v) is 5.61. The highest BCUT2D eigenvalue weighted by Crippen LogP contribution is 2.40. The molecule has 16 heavy (non-hydrogen) atoms. The molecule has 1 heterocycles. The van der Waals surface area contributed by atoms with Crippen LogP contribution in [0.3, 0.4) is 0 Å². The number of carbonyl (C=O) groups is 1. The molecule has 1 aliphatic carbocycles. The van der Waals surface area contributed by atoms with E-state index < -0.39 is 0 Å². The van der Waals surface area contributed by atoms with Gasteiger partial charge in [-0.05, 0) is 45.2 Å². The highest BCUT2D eigenvalue weighted by Gasteiger charge is 2.47. The molecule has 0 amide bonds. The fraction of sp³-hybridized carbons (Fsp3) is 0.929. The van der Waals surface area contributed by atoms with Crippen LogP contribution in [0.15, 0.2) is 0 Å². The number of ketones is 1. The summed E-state index contributed by atoms with van der Waals surface area (Å²) in [6.07, 6.45) is 8.31. The predicted octanol–water partition coefficient (Wildman–Crippen LogP) is 3.01. The Bertz CT molecular complexity index is 249. The zero-order valence-electron chi connectivity index (χ0n) is 10.8. The largest absolute Gasteiger partial charge is 0.297 e. The molecule has 0 bridgehead atoms. The second kappa shape index (κ2) is 4.87. The van der Waals surface area contributed by atoms with Gasteiger partial charge in [0.1, 0.15) is 0 Å². The topological polar surface area (TPSA) is 20.3 Å². The van der Waals surface area contributed by atoms with Crippen LogP contribution in [-0.4, -0.2) is 29.3 Å². The minimum atomic E-state index is -0.0497. The molecule has 1 atom stereocenters. The maximum atomic E-state index is 12.6. The standard InChI is InChI=1S/C14H25NO/c1-3-12(2)13(16)14(8-4-5-9-14)15-10-6-7-11-15/h12H,3-11H2,1-2H3. The molecule has 2 aliphatic rings. The Morgan fingerprint density at radius 3 is 2.25 bits per heavy atom. The Labute approximate surface area is 99.4 Å². The van der Waals surface area contributed by atoms with Gasteiger partial charge >= 0.3 is 0 Å². The van der Waals surface area contributed by atoms with E-state index in [-0.39, 0.29) is 11.5 Å². The van der Waals surface area contributed by atoms with Gasteiger partial charge in [-0.25, -0.2) is 0 Å². The van der Waals surface area contributed by atoms with Crippen LogP contribution >= 0.6 is 0 Å². The lowest BCUT2D eigenvalue weighted by molar-refractivity contribution is -0.134. The van der Waals surface area contributed by atoms with Crippen molar-refractivity contribution in [2.45, 2.75) is 64.3 Å². The van der Waals surface area contributed by atoms with Crippen molar-refractivity contribution in [3.05, 3.63) is 0 Å². The molecule has 0 aromatic rings. The van der Waals surface area contributed by atoms with Gasteiger partial charge in [-0.3, -0.25) is 9.69 Å². The van der Waals surface area contributed by atoms with Gasteiger partial charge in [0, 0.05) is 5.92 Å². The number of Topliss-reactive ketones (excluding diaryl/α,β-unsaturated/α-hetero) is 1. The Hall–Kier alpha value is -0.370. The van der Waals surface area contributed by atoms with Crippen LogP contribution in [0.5, 0.6) is 0 Å². The third-order valence-electron chi connectivity index (χ3n) is 4.66. The fourth-order valence-electron chi connectivity index (χ4n) is 3.47. The second-order valence-electron chi connectivity index (χ2n) is 5.61. The third kappa shape index (κ3) is 1.92. The summed E-state index contributed by atoms with van der Waals surface area (Å²) in [4.78, 5) is 15.2. The summed E-state index contributed by atoms with van der Waals surface area (Å²) in [6, 6.07) is 0. The molecule has 0 aromatic carbocycles. The van der Waals surface area contributed by atoms with E-state index >= 15 is 0 Å². The summed E-state index contributed by atoms with van der Waals surface area (Å²) >= 11 is 0. The van der Waals surface area contributed by atoms with E-state index in [1.165, 1.54) is 25.7 Å². The minimum absolute atomic E-state index is 0.0497. The Morgan fingerprint density at radius 2 is 1.75 bits per heavy atom. The average Bonchev–Trinajstić information content (AvgIpc) is 2.97. The van der Waals surface area contributed by atoms with Crippen molar-refractivity contribution in [2.75, 3.05) is 13.1 Å². The smallest absolute Gasteiger partial charge is 0.155 e. The number of nitrogens with zero attached hydrogens (tertiary/aromatic N) is 1. The monoisotopic (exact) mass is 223 g/mol. The van der Waals surface area contributed by atoms with Crippen LogP contribution in [0.25, 0.3) is 0 Å². The first-order chi connectivity index (χ1) is 7.70. The first-order valence-electron chi connectivity index (χ1n) is 7.00. The minimum Gasteiger partial charge on any atom is -0.297 e. The molecule has 0 radical (unpaired) electrons. The molecule has 92 valence electrons. The molecule has 2 heteroatoms. The normalized spacial score (nSPS) is 27.1. The van der Waals surface area contributed by atoms with Gasteiger partial charge in [0.15, 0.2) is 5.78 Å². The highest BCUT2D eigenvalue weighted by atomic mass is 16.1. The third-order valence-corrected chi connectivity index (χ3v) is 4.66. The molecule has 1 unspecified atom stereocenters. The molecule has 1 aliphatic heterocycles. The number of likely N-dealkylation sites (tertiary alicyclic amines) is 1. The molecule has 0 N–H and O–H groups in total. The summed E-state index contributed by atoms with van der Waals surface area (Å²) < 4.78 is 0. The number of hydrogen-bond acceptors (Lipinski definition) is 2. The zero-order chi connectivity index (χ0) is 11.6. The van der Waals surface area contributed by atoms with Crippen molar-refractivity contribution in [2.24, 2.45) is 5.92 Å². The molecule has 1 saturated carbocycles. The van der Waals surface area contributed by atoms with Crippen molar-refractivity contribution in [1.29, 1.82) is 0 Å². The number of rotatable bonds is 4. The van der Waals surface area contributed by atoms with E-state index in [9.17, 15) is 4.79 Å². The zero-order valence-corrected chi connectivity index (χ0v) is 10.8. The van der Waals surface area contributed by atoms with E-state index in [0.717, 1.165) is 32.4 Å². The van der Waals surface area contributed by atoms with Gasteiger partial charge in [-0.15, -0.1) is 0 Å². The molecule has 0 spiro atoms. The van der Waals surface area contributed by atoms with Crippen molar-refractivity contribution < 1.29 is 4.79 Å². The number of hydrogen-bond donors (Lipinski definition) is 0. The van der Waals surface area contributed by atoms with Gasteiger partial charge in [-0.1, -0.05) is 26.7 Å². The van der Waals surface area contributed by atoms with Gasteiger partial charge in [0.2, 0.25) is 0 Å². The summed E-state index contributed by atoms with van der Waals surface area (Å²) in [5.74, 6) is 0.785. The van der Waals surface area contributed by atoms with Crippen LogP contribution < -0.4 is 0 Å². The van der Waals surface area contributed by atoms with Gasteiger partial charge in [0.05, 0.1) is 5.54 Å². The predicted molar refractivity (Wildman–Crippen MR) is 66.5 cm³/mol.